The lowest BCUT2D eigenvalue weighted by atomic mass is 9.68. The summed E-state index contributed by atoms with van der Waals surface area (Å²) in [5.74, 6) is 0.693. The van der Waals surface area contributed by atoms with Crippen LogP contribution in [0.1, 0.15) is 44.7 Å². The average molecular weight is 306 g/mol. The van der Waals surface area contributed by atoms with Gasteiger partial charge in [0.2, 0.25) is 0 Å². The predicted octanol–water partition coefficient (Wildman–Crippen LogP) is 3.53. The Kier molecular flexibility index (Phi) is 2.73. The van der Waals surface area contributed by atoms with Crippen molar-refractivity contribution in [3.8, 4) is 0 Å². The molecule has 0 spiro atoms. The fraction of sp³-hybridized carbons (Fsp3) is 0.333. The summed E-state index contributed by atoms with van der Waals surface area (Å²) >= 11 is 0. The van der Waals surface area contributed by atoms with E-state index in [4.69, 9.17) is 14.5 Å². The molecule has 0 bridgehead atoms. The van der Waals surface area contributed by atoms with Crippen LogP contribution in [0.15, 0.2) is 46.2 Å². The van der Waals surface area contributed by atoms with Gasteiger partial charge in [-0.1, -0.05) is 31.1 Å². The highest BCUT2D eigenvalue weighted by Crippen LogP contribution is 2.43. The first-order chi connectivity index (χ1) is 10.9. The lowest BCUT2D eigenvalue weighted by Crippen LogP contribution is -2.45. The third kappa shape index (κ3) is 1.92. The van der Waals surface area contributed by atoms with E-state index >= 15 is 0 Å². The summed E-state index contributed by atoms with van der Waals surface area (Å²) in [6.45, 7) is 8.57. The zero-order valence-corrected chi connectivity index (χ0v) is 13.7. The summed E-state index contributed by atoms with van der Waals surface area (Å²) in [5.41, 5.74) is 3.74. The van der Waals surface area contributed by atoms with Crippen molar-refractivity contribution in [3.05, 3.63) is 53.7 Å². The van der Waals surface area contributed by atoms with Crippen LogP contribution in [0.25, 0.3) is 11.0 Å². The van der Waals surface area contributed by atoms with Crippen LogP contribution >= 0.6 is 0 Å². The molecule has 4 rings (SSSR count). The fourth-order valence-corrected chi connectivity index (χ4v) is 2.90. The molecule has 1 aliphatic rings. The number of benzene rings is 1. The van der Waals surface area contributed by atoms with Crippen LogP contribution in [0.2, 0.25) is 0 Å². The van der Waals surface area contributed by atoms with Gasteiger partial charge < -0.3 is 4.52 Å². The number of para-hydroxylation sites is 2. The summed E-state index contributed by atoms with van der Waals surface area (Å²) < 4.78 is 5.52. The molecule has 0 atom stereocenters. The van der Waals surface area contributed by atoms with Crippen molar-refractivity contribution >= 4 is 16.7 Å². The van der Waals surface area contributed by atoms with Crippen LogP contribution in [0, 0.1) is 0 Å². The van der Waals surface area contributed by atoms with Gasteiger partial charge in [-0.3, -0.25) is 9.98 Å². The van der Waals surface area contributed by atoms with Crippen LogP contribution in [-0.4, -0.2) is 26.4 Å². The molecule has 5 heteroatoms. The Hall–Kier alpha value is -2.56. The van der Waals surface area contributed by atoms with E-state index in [9.17, 15) is 0 Å². The maximum Gasteiger partial charge on any atom is 0.190 e. The number of aromatic nitrogens is 3. The van der Waals surface area contributed by atoms with Gasteiger partial charge in [-0.05, 0) is 26.0 Å². The molecule has 0 fully saturated rings. The lowest BCUT2D eigenvalue weighted by Gasteiger charge is -2.41. The summed E-state index contributed by atoms with van der Waals surface area (Å²) in [6, 6.07) is 7.80. The first-order valence-corrected chi connectivity index (χ1v) is 7.68. The van der Waals surface area contributed by atoms with Gasteiger partial charge >= 0.3 is 0 Å². The third-order valence-corrected chi connectivity index (χ3v) is 5.07. The quantitative estimate of drug-likeness (QED) is 0.690. The van der Waals surface area contributed by atoms with E-state index in [1.165, 1.54) is 0 Å². The van der Waals surface area contributed by atoms with Gasteiger partial charge in [-0.25, -0.2) is 4.98 Å². The second-order valence-corrected chi connectivity index (χ2v) is 6.96. The highest BCUT2D eigenvalue weighted by atomic mass is 16.5. The van der Waals surface area contributed by atoms with E-state index in [0.717, 1.165) is 22.3 Å². The van der Waals surface area contributed by atoms with Crippen LogP contribution in [0.3, 0.4) is 0 Å². The topological polar surface area (TPSA) is 64.2 Å². The second-order valence-electron chi connectivity index (χ2n) is 6.96. The zero-order valence-electron chi connectivity index (χ0n) is 13.7. The van der Waals surface area contributed by atoms with Gasteiger partial charge in [0, 0.05) is 11.0 Å². The molecule has 5 nitrogen and oxygen atoms in total. The highest BCUT2D eigenvalue weighted by Gasteiger charge is 2.46. The molecule has 0 N–H and O–H groups in total. The average Bonchev–Trinajstić information content (AvgIpc) is 3.01. The van der Waals surface area contributed by atoms with Crippen molar-refractivity contribution in [1.82, 2.24) is 15.1 Å². The molecule has 1 aromatic carbocycles. The first-order valence-electron chi connectivity index (χ1n) is 7.68. The van der Waals surface area contributed by atoms with Gasteiger partial charge in [0.05, 0.1) is 29.0 Å². The van der Waals surface area contributed by atoms with Gasteiger partial charge in [0.1, 0.15) is 11.4 Å². The Labute approximate surface area is 134 Å². The third-order valence-electron chi connectivity index (χ3n) is 5.07. The molecule has 0 radical (unpaired) electrons. The Morgan fingerprint density at radius 2 is 1.70 bits per heavy atom. The van der Waals surface area contributed by atoms with Crippen LogP contribution in [0.4, 0.5) is 0 Å². The number of aliphatic imine (C=N–C) groups is 1. The van der Waals surface area contributed by atoms with E-state index < -0.39 is 0 Å². The van der Waals surface area contributed by atoms with Crippen molar-refractivity contribution in [2.75, 3.05) is 0 Å². The molecule has 3 aromatic rings. The minimum atomic E-state index is -0.297. The molecule has 3 heterocycles. The van der Waals surface area contributed by atoms with E-state index in [2.05, 4.69) is 37.8 Å². The number of fused-ring (bicyclic) bond motifs is 2. The first kappa shape index (κ1) is 14.1. The number of nitrogens with zero attached hydrogens (tertiary/aromatic N) is 4. The zero-order chi connectivity index (χ0) is 16.2. The number of rotatable bonds is 1. The lowest BCUT2D eigenvalue weighted by molar-refractivity contribution is 0.296. The molecule has 116 valence electrons. The Balaban J connectivity index is 1.95. The van der Waals surface area contributed by atoms with Gasteiger partial charge in [-0.15, -0.1) is 0 Å². The van der Waals surface area contributed by atoms with E-state index in [-0.39, 0.29) is 11.0 Å². The van der Waals surface area contributed by atoms with Crippen LogP contribution in [0.5, 0.6) is 0 Å². The second kappa shape index (κ2) is 4.47. The minimum Gasteiger partial charge on any atom is -0.354 e. The SMILES string of the molecule is CC1(C)N=C(c2cnc3ccccc3n2)c2oncc2C1(C)C. The molecule has 0 saturated carbocycles. The molecular formula is C18H18N4O. The Morgan fingerprint density at radius 1 is 0.957 bits per heavy atom. The maximum atomic E-state index is 5.52. The normalized spacial score (nSPS) is 18.5. The van der Waals surface area contributed by atoms with Gasteiger partial charge in [-0.2, -0.15) is 0 Å². The largest absolute Gasteiger partial charge is 0.354 e. The van der Waals surface area contributed by atoms with Crippen molar-refractivity contribution in [2.24, 2.45) is 4.99 Å². The van der Waals surface area contributed by atoms with Crippen LogP contribution in [-0.2, 0) is 5.41 Å². The smallest absolute Gasteiger partial charge is 0.190 e. The van der Waals surface area contributed by atoms with Crippen molar-refractivity contribution in [1.29, 1.82) is 0 Å². The molecule has 0 saturated heterocycles. The number of hydrogen-bond acceptors (Lipinski definition) is 5. The molecule has 0 amide bonds. The molecule has 0 unspecified atom stereocenters. The Morgan fingerprint density at radius 3 is 2.48 bits per heavy atom. The highest BCUT2D eigenvalue weighted by molar-refractivity contribution is 6.12. The molecule has 23 heavy (non-hydrogen) atoms. The summed E-state index contributed by atoms with van der Waals surface area (Å²) in [6.07, 6.45) is 3.54. The molecular weight excluding hydrogens is 288 g/mol. The Bertz CT molecular complexity index is 937. The maximum absolute atomic E-state index is 5.52. The van der Waals surface area contributed by atoms with Crippen LogP contribution < -0.4 is 0 Å². The van der Waals surface area contributed by atoms with E-state index in [1.54, 1.807) is 12.4 Å². The monoisotopic (exact) mass is 306 g/mol. The molecule has 2 aromatic heterocycles. The van der Waals surface area contributed by atoms with Gasteiger partial charge in [0.25, 0.3) is 0 Å². The molecule has 1 aliphatic heterocycles. The summed E-state index contributed by atoms with van der Waals surface area (Å²) in [5, 5.41) is 4.00. The minimum absolute atomic E-state index is 0.171. The summed E-state index contributed by atoms with van der Waals surface area (Å²) in [4.78, 5) is 14.1. The van der Waals surface area contributed by atoms with Crippen molar-refractivity contribution in [2.45, 2.75) is 38.6 Å². The summed E-state index contributed by atoms with van der Waals surface area (Å²) in [7, 11) is 0. The van der Waals surface area contributed by atoms with E-state index in [1.807, 2.05) is 24.3 Å². The van der Waals surface area contributed by atoms with Crippen molar-refractivity contribution in [3.63, 3.8) is 0 Å². The van der Waals surface area contributed by atoms with E-state index in [0.29, 0.717) is 11.5 Å². The van der Waals surface area contributed by atoms with Gasteiger partial charge in [0.15, 0.2) is 5.76 Å². The van der Waals surface area contributed by atoms with Crippen molar-refractivity contribution < 1.29 is 4.52 Å². The fourth-order valence-electron chi connectivity index (χ4n) is 2.90. The number of hydrogen-bond donors (Lipinski definition) is 0. The predicted molar refractivity (Wildman–Crippen MR) is 88.8 cm³/mol. The molecule has 0 aliphatic carbocycles. The standard InChI is InChI=1S/C18H18N4O/c1-17(2)11-9-20-23-16(11)15(22-18(17,3)4)14-10-19-12-7-5-6-8-13(12)21-14/h5-10H,1-4H3.